The lowest BCUT2D eigenvalue weighted by atomic mass is 10.2. The van der Waals surface area contributed by atoms with Gasteiger partial charge in [0.2, 0.25) is 0 Å². The van der Waals surface area contributed by atoms with Crippen molar-refractivity contribution in [3.63, 3.8) is 0 Å². The first-order valence-electron chi connectivity index (χ1n) is 4.47. The van der Waals surface area contributed by atoms with Crippen molar-refractivity contribution in [3.8, 4) is 0 Å². The Labute approximate surface area is 105 Å². The zero-order valence-electron chi connectivity index (χ0n) is 8.42. The molecule has 1 heterocycles. The van der Waals surface area contributed by atoms with Gasteiger partial charge in [0.1, 0.15) is 6.33 Å². The van der Waals surface area contributed by atoms with Crippen LogP contribution < -0.4 is 0 Å². The van der Waals surface area contributed by atoms with Crippen LogP contribution in [0.25, 0.3) is 0 Å². The molecule has 0 aliphatic carbocycles. The van der Waals surface area contributed by atoms with Crippen LogP contribution >= 0.6 is 27.7 Å². The number of carbonyl (C=O) groups is 1. The summed E-state index contributed by atoms with van der Waals surface area (Å²) in [5.74, 6) is 0. The Hall–Kier alpha value is -1.14. The van der Waals surface area contributed by atoms with Gasteiger partial charge in [0.05, 0.1) is 0 Å². The summed E-state index contributed by atoms with van der Waals surface area (Å²) < 4.78 is 2.69. The molecule has 2 aromatic rings. The van der Waals surface area contributed by atoms with Crippen molar-refractivity contribution in [1.82, 2.24) is 14.8 Å². The predicted molar refractivity (Wildman–Crippen MR) is 64.7 cm³/mol. The summed E-state index contributed by atoms with van der Waals surface area (Å²) in [5.41, 5.74) is 0.641. The highest BCUT2D eigenvalue weighted by atomic mass is 79.9. The molecule has 4 nitrogen and oxygen atoms in total. The van der Waals surface area contributed by atoms with Crippen molar-refractivity contribution in [2.75, 3.05) is 0 Å². The van der Waals surface area contributed by atoms with Crippen molar-refractivity contribution >= 4 is 34.0 Å². The fourth-order valence-electron chi connectivity index (χ4n) is 1.17. The van der Waals surface area contributed by atoms with E-state index in [1.165, 1.54) is 11.8 Å². The van der Waals surface area contributed by atoms with Gasteiger partial charge in [-0.25, -0.2) is 0 Å². The van der Waals surface area contributed by atoms with Crippen LogP contribution in [0.3, 0.4) is 0 Å². The minimum atomic E-state index is 0.641. The van der Waals surface area contributed by atoms with E-state index in [0.29, 0.717) is 5.56 Å². The number of aromatic nitrogens is 3. The SMILES string of the molecule is Cn1cnnc1Sc1ccc(Br)cc1C=O. The molecule has 0 aliphatic heterocycles. The second-order valence-electron chi connectivity index (χ2n) is 3.13. The first kappa shape index (κ1) is 11.3. The molecule has 1 aromatic heterocycles. The van der Waals surface area contributed by atoms with Crippen LogP contribution in [0.2, 0.25) is 0 Å². The maximum atomic E-state index is 10.9. The van der Waals surface area contributed by atoms with Crippen molar-refractivity contribution in [1.29, 1.82) is 0 Å². The summed E-state index contributed by atoms with van der Waals surface area (Å²) in [6, 6.07) is 5.56. The molecule has 0 unspecified atom stereocenters. The zero-order valence-corrected chi connectivity index (χ0v) is 10.8. The van der Waals surface area contributed by atoms with Crippen molar-refractivity contribution in [2.24, 2.45) is 7.05 Å². The van der Waals surface area contributed by atoms with Gasteiger partial charge in [-0.15, -0.1) is 10.2 Å². The third-order valence-electron chi connectivity index (χ3n) is 1.97. The third kappa shape index (κ3) is 2.33. The number of hydrogen-bond donors (Lipinski definition) is 0. The Morgan fingerprint density at radius 3 is 2.94 bits per heavy atom. The highest BCUT2D eigenvalue weighted by Gasteiger charge is 2.08. The molecule has 0 aliphatic rings. The van der Waals surface area contributed by atoms with E-state index in [1.807, 2.05) is 19.2 Å². The zero-order chi connectivity index (χ0) is 11.5. The van der Waals surface area contributed by atoms with Gasteiger partial charge < -0.3 is 4.57 Å². The molecule has 0 spiro atoms. The van der Waals surface area contributed by atoms with Crippen LogP contribution in [0.4, 0.5) is 0 Å². The van der Waals surface area contributed by atoms with E-state index in [0.717, 1.165) is 20.8 Å². The number of carbonyl (C=O) groups excluding carboxylic acids is 1. The van der Waals surface area contributed by atoms with Crippen LogP contribution in [0.5, 0.6) is 0 Å². The van der Waals surface area contributed by atoms with E-state index in [4.69, 9.17) is 0 Å². The molecule has 1 aromatic carbocycles. The summed E-state index contributed by atoms with van der Waals surface area (Å²) in [7, 11) is 1.86. The van der Waals surface area contributed by atoms with Gasteiger partial charge in [-0.3, -0.25) is 4.79 Å². The maximum absolute atomic E-state index is 10.9. The fraction of sp³-hybridized carbons (Fsp3) is 0.100. The lowest BCUT2D eigenvalue weighted by molar-refractivity contribution is 0.112. The average molecular weight is 298 g/mol. The summed E-state index contributed by atoms with van der Waals surface area (Å²) in [6.45, 7) is 0. The number of halogens is 1. The van der Waals surface area contributed by atoms with E-state index in [2.05, 4.69) is 26.1 Å². The summed E-state index contributed by atoms with van der Waals surface area (Å²) in [6.07, 6.45) is 2.46. The second-order valence-corrected chi connectivity index (χ2v) is 5.05. The standard InChI is InChI=1S/C10H8BrN3OS/c1-14-6-12-13-10(14)16-9-3-2-8(11)4-7(9)5-15/h2-6H,1H3. The Morgan fingerprint density at radius 2 is 2.31 bits per heavy atom. The van der Waals surface area contributed by atoms with Crippen LogP contribution in [0, 0.1) is 0 Å². The van der Waals surface area contributed by atoms with Crippen molar-refractivity contribution in [2.45, 2.75) is 10.1 Å². The van der Waals surface area contributed by atoms with Gasteiger partial charge in [-0.05, 0) is 30.0 Å². The number of rotatable bonds is 3. The fourth-order valence-corrected chi connectivity index (χ4v) is 2.38. The Kier molecular flexibility index (Phi) is 3.40. The third-order valence-corrected chi connectivity index (χ3v) is 3.61. The number of aldehydes is 1. The lowest BCUT2D eigenvalue weighted by Crippen LogP contribution is -1.91. The molecule has 6 heteroatoms. The van der Waals surface area contributed by atoms with Gasteiger partial charge in [0.15, 0.2) is 11.4 Å². The summed E-state index contributed by atoms with van der Waals surface area (Å²) >= 11 is 4.75. The molecule has 0 radical (unpaired) electrons. The summed E-state index contributed by atoms with van der Waals surface area (Å²) in [5, 5.41) is 8.50. The maximum Gasteiger partial charge on any atom is 0.195 e. The molecule has 0 bridgehead atoms. The Balaban J connectivity index is 2.34. The van der Waals surface area contributed by atoms with E-state index >= 15 is 0 Å². The average Bonchev–Trinajstić information content (AvgIpc) is 2.67. The normalized spacial score (nSPS) is 10.4. The minimum Gasteiger partial charge on any atom is -0.311 e. The van der Waals surface area contributed by atoms with Gasteiger partial charge in [0.25, 0.3) is 0 Å². The monoisotopic (exact) mass is 297 g/mol. The highest BCUT2D eigenvalue weighted by molar-refractivity contribution is 9.10. The van der Waals surface area contributed by atoms with Gasteiger partial charge >= 0.3 is 0 Å². The molecule has 0 saturated carbocycles. The molecule has 0 amide bonds. The molecule has 0 N–H and O–H groups in total. The smallest absolute Gasteiger partial charge is 0.195 e. The van der Waals surface area contributed by atoms with Gasteiger partial charge in [-0.2, -0.15) is 0 Å². The molecule has 2 rings (SSSR count). The van der Waals surface area contributed by atoms with Crippen molar-refractivity contribution in [3.05, 3.63) is 34.6 Å². The highest BCUT2D eigenvalue weighted by Crippen LogP contribution is 2.29. The first-order valence-corrected chi connectivity index (χ1v) is 6.08. The van der Waals surface area contributed by atoms with Crippen molar-refractivity contribution < 1.29 is 4.79 Å². The van der Waals surface area contributed by atoms with Crippen LogP contribution in [-0.4, -0.2) is 21.1 Å². The lowest BCUT2D eigenvalue weighted by Gasteiger charge is -2.03. The molecule has 0 atom stereocenters. The Bertz CT molecular complexity index is 527. The van der Waals surface area contributed by atoms with E-state index in [-0.39, 0.29) is 0 Å². The van der Waals surface area contributed by atoms with Gasteiger partial charge in [-0.1, -0.05) is 15.9 Å². The number of hydrogen-bond acceptors (Lipinski definition) is 4. The molecule has 0 saturated heterocycles. The van der Waals surface area contributed by atoms with E-state index < -0.39 is 0 Å². The topological polar surface area (TPSA) is 47.8 Å². The molecule has 16 heavy (non-hydrogen) atoms. The summed E-state index contributed by atoms with van der Waals surface area (Å²) in [4.78, 5) is 11.8. The molecule has 0 fully saturated rings. The predicted octanol–water partition coefficient (Wildman–Crippen LogP) is 2.54. The van der Waals surface area contributed by atoms with E-state index in [1.54, 1.807) is 17.0 Å². The minimum absolute atomic E-state index is 0.641. The number of aryl methyl sites for hydroxylation is 1. The largest absolute Gasteiger partial charge is 0.311 e. The van der Waals surface area contributed by atoms with E-state index in [9.17, 15) is 4.79 Å². The van der Waals surface area contributed by atoms with Gasteiger partial charge in [0, 0.05) is 22.0 Å². The van der Waals surface area contributed by atoms with Crippen LogP contribution in [0.1, 0.15) is 10.4 Å². The number of benzene rings is 1. The second kappa shape index (κ2) is 4.80. The van der Waals surface area contributed by atoms with Crippen LogP contribution in [-0.2, 0) is 7.05 Å². The van der Waals surface area contributed by atoms with Crippen LogP contribution in [0.15, 0.2) is 39.1 Å². The molecular weight excluding hydrogens is 290 g/mol. The molecule has 82 valence electrons. The number of nitrogens with zero attached hydrogens (tertiary/aromatic N) is 3. The molecular formula is C10H8BrN3OS. The quantitative estimate of drug-likeness (QED) is 0.817. The Morgan fingerprint density at radius 1 is 1.50 bits per heavy atom. The first-order chi connectivity index (χ1) is 7.70.